The van der Waals surface area contributed by atoms with Crippen LogP contribution in [0.4, 0.5) is 0 Å². The molecule has 0 atom stereocenters. The topological polar surface area (TPSA) is 72.8 Å². The van der Waals surface area contributed by atoms with Crippen molar-refractivity contribution in [2.75, 3.05) is 0 Å². The monoisotopic (exact) mass is 315 g/mol. The van der Waals surface area contributed by atoms with Crippen LogP contribution in [0.3, 0.4) is 0 Å². The highest BCUT2D eigenvalue weighted by atomic mass is 35.5. The molecule has 3 rings (SSSR count). The summed E-state index contributed by atoms with van der Waals surface area (Å²) in [4.78, 5) is 12.2. The number of sulfone groups is 1. The zero-order valence-corrected chi connectivity index (χ0v) is 11.8. The van der Waals surface area contributed by atoms with Crippen LogP contribution in [0.2, 0.25) is 10.3 Å². The van der Waals surface area contributed by atoms with Crippen molar-refractivity contribution in [1.82, 2.24) is 15.0 Å². The molecule has 0 saturated carbocycles. The Hall–Kier alpha value is -1.24. The Morgan fingerprint density at radius 2 is 1.95 bits per heavy atom. The number of halogens is 2. The minimum Gasteiger partial charge on any atom is -0.245 e. The number of nitrogens with zero attached hydrogens (tertiary/aromatic N) is 3. The average molecular weight is 316 g/mol. The Balaban J connectivity index is 2.15. The predicted molar refractivity (Wildman–Crippen MR) is 71.6 cm³/mol. The molecule has 0 bridgehead atoms. The molecule has 0 radical (unpaired) electrons. The van der Waals surface area contributed by atoms with Gasteiger partial charge in [0, 0.05) is 17.3 Å². The molecule has 1 aliphatic heterocycles. The molecule has 0 spiro atoms. The van der Waals surface area contributed by atoms with E-state index in [1.165, 1.54) is 6.20 Å². The van der Waals surface area contributed by atoms with Gasteiger partial charge in [0.15, 0.2) is 15.7 Å². The van der Waals surface area contributed by atoms with Crippen LogP contribution in [0, 0.1) is 0 Å². The van der Waals surface area contributed by atoms with Gasteiger partial charge >= 0.3 is 0 Å². The molecule has 0 aromatic carbocycles. The molecular formula is C11H7Cl2N3O2S. The minimum atomic E-state index is -3.16. The van der Waals surface area contributed by atoms with Gasteiger partial charge in [-0.2, -0.15) is 0 Å². The van der Waals surface area contributed by atoms with Crippen molar-refractivity contribution >= 4 is 33.0 Å². The summed E-state index contributed by atoms with van der Waals surface area (Å²) in [5, 5.41) is 0.486. The summed E-state index contributed by atoms with van der Waals surface area (Å²) < 4.78 is 23.2. The van der Waals surface area contributed by atoms with E-state index in [1.54, 1.807) is 12.1 Å². The van der Waals surface area contributed by atoms with Gasteiger partial charge in [0.25, 0.3) is 0 Å². The lowest BCUT2D eigenvalue weighted by molar-refractivity contribution is 0.597. The highest BCUT2D eigenvalue weighted by Gasteiger charge is 2.29. The number of pyridine rings is 1. The highest BCUT2D eigenvalue weighted by molar-refractivity contribution is 7.90. The molecule has 0 unspecified atom stereocenters. The van der Waals surface area contributed by atoms with Crippen LogP contribution in [-0.4, -0.2) is 23.4 Å². The van der Waals surface area contributed by atoms with Gasteiger partial charge in [-0.3, -0.25) is 0 Å². The van der Waals surface area contributed by atoms with E-state index in [2.05, 4.69) is 15.0 Å². The lowest BCUT2D eigenvalue weighted by Gasteiger charge is -2.04. The molecule has 0 fully saturated rings. The van der Waals surface area contributed by atoms with Crippen LogP contribution in [0.1, 0.15) is 11.3 Å². The normalized spacial score (nSPS) is 16.3. The second kappa shape index (κ2) is 4.40. The second-order valence-corrected chi connectivity index (χ2v) is 6.97. The molecule has 0 N–H and O–H groups in total. The summed E-state index contributed by atoms with van der Waals surface area (Å²) in [7, 11) is -3.16. The first-order valence-corrected chi connectivity index (χ1v) is 7.90. The Morgan fingerprint density at radius 1 is 1.16 bits per heavy atom. The predicted octanol–water partition coefficient (Wildman–Crippen LogP) is 2.27. The van der Waals surface area contributed by atoms with Crippen LogP contribution < -0.4 is 0 Å². The van der Waals surface area contributed by atoms with Crippen LogP contribution in [0.25, 0.3) is 11.4 Å². The van der Waals surface area contributed by atoms with E-state index < -0.39 is 9.84 Å². The molecule has 0 saturated heterocycles. The number of rotatable bonds is 1. The lowest BCUT2D eigenvalue weighted by Crippen LogP contribution is -1.97. The van der Waals surface area contributed by atoms with E-state index >= 15 is 0 Å². The third-order valence-corrected chi connectivity index (χ3v) is 4.71. The van der Waals surface area contributed by atoms with E-state index in [9.17, 15) is 8.42 Å². The van der Waals surface area contributed by atoms with Crippen molar-refractivity contribution in [3.05, 3.63) is 39.9 Å². The van der Waals surface area contributed by atoms with Crippen LogP contribution in [0.5, 0.6) is 0 Å². The Kier molecular flexibility index (Phi) is 2.96. The quantitative estimate of drug-likeness (QED) is 0.596. The van der Waals surface area contributed by atoms with Crippen molar-refractivity contribution in [1.29, 1.82) is 0 Å². The first-order valence-electron chi connectivity index (χ1n) is 5.32. The van der Waals surface area contributed by atoms with Gasteiger partial charge in [0.05, 0.1) is 17.2 Å². The number of hydrogen-bond acceptors (Lipinski definition) is 5. The summed E-state index contributed by atoms with van der Waals surface area (Å²) in [5.74, 6) is 0.153. The Morgan fingerprint density at radius 3 is 2.68 bits per heavy atom. The van der Waals surface area contributed by atoms with Gasteiger partial charge in [0.1, 0.15) is 10.3 Å². The minimum absolute atomic E-state index is 0.0987. The van der Waals surface area contributed by atoms with Gasteiger partial charge in [-0.25, -0.2) is 23.4 Å². The molecule has 19 heavy (non-hydrogen) atoms. The Labute approximate surface area is 119 Å². The van der Waals surface area contributed by atoms with Gasteiger partial charge in [-0.05, 0) is 12.1 Å². The van der Waals surface area contributed by atoms with Gasteiger partial charge in [-0.1, -0.05) is 23.2 Å². The molecule has 2 aromatic heterocycles. The average Bonchev–Trinajstić information content (AvgIpc) is 2.64. The van der Waals surface area contributed by atoms with Crippen molar-refractivity contribution in [3.8, 4) is 11.4 Å². The van der Waals surface area contributed by atoms with Crippen molar-refractivity contribution < 1.29 is 8.42 Å². The molecule has 5 nitrogen and oxygen atoms in total. The molecule has 8 heteroatoms. The second-order valence-electron chi connectivity index (χ2n) is 4.16. The molecule has 3 heterocycles. The smallest absolute Gasteiger partial charge is 0.161 e. The molecule has 98 valence electrons. The number of hydrogen-bond donors (Lipinski definition) is 0. The molecule has 1 aliphatic rings. The van der Waals surface area contributed by atoms with Crippen molar-refractivity contribution in [2.45, 2.75) is 11.5 Å². The van der Waals surface area contributed by atoms with E-state index in [1.807, 2.05) is 0 Å². The molecular weight excluding hydrogens is 309 g/mol. The maximum absolute atomic E-state index is 11.6. The van der Waals surface area contributed by atoms with Crippen LogP contribution >= 0.6 is 23.2 Å². The summed E-state index contributed by atoms with van der Waals surface area (Å²) in [5.41, 5.74) is 1.60. The van der Waals surface area contributed by atoms with Crippen molar-refractivity contribution in [3.63, 3.8) is 0 Å². The van der Waals surface area contributed by atoms with E-state index in [0.29, 0.717) is 27.8 Å². The fourth-order valence-corrected chi connectivity index (χ4v) is 3.92. The van der Waals surface area contributed by atoms with Gasteiger partial charge < -0.3 is 0 Å². The van der Waals surface area contributed by atoms with E-state index in [4.69, 9.17) is 23.2 Å². The third kappa shape index (κ3) is 2.43. The summed E-state index contributed by atoms with van der Waals surface area (Å²) in [6, 6.07) is 3.29. The fourth-order valence-electron chi connectivity index (χ4n) is 1.91. The summed E-state index contributed by atoms with van der Waals surface area (Å²) in [6.07, 6.45) is 1.53. The van der Waals surface area contributed by atoms with Crippen LogP contribution in [0.15, 0.2) is 18.3 Å². The first-order chi connectivity index (χ1) is 8.94. The number of aromatic nitrogens is 3. The molecule has 2 aromatic rings. The standard InChI is InChI=1S/C11H7Cl2N3O2S/c12-9-3-6(1-2-14-9)11-15-8-5-19(17,18)4-7(8)10(13)16-11/h1-3H,4-5H2. The largest absolute Gasteiger partial charge is 0.245 e. The SMILES string of the molecule is O=S1(=O)Cc2nc(-c3ccnc(Cl)c3)nc(Cl)c2C1. The highest BCUT2D eigenvalue weighted by Crippen LogP contribution is 2.31. The maximum Gasteiger partial charge on any atom is 0.161 e. The van der Waals surface area contributed by atoms with E-state index in [0.717, 1.165) is 0 Å². The number of fused-ring (bicyclic) bond motifs is 1. The van der Waals surface area contributed by atoms with Crippen LogP contribution in [-0.2, 0) is 21.3 Å². The maximum atomic E-state index is 11.6. The van der Waals surface area contributed by atoms with E-state index in [-0.39, 0.29) is 16.7 Å². The van der Waals surface area contributed by atoms with Crippen molar-refractivity contribution in [2.24, 2.45) is 0 Å². The summed E-state index contributed by atoms with van der Waals surface area (Å²) in [6.45, 7) is 0. The van der Waals surface area contributed by atoms with Gasteiger partial charge in [0.2, 0.25) is 0 Å². The Bertz CT molecular complexity index is 778. The summed E-state index contributed by atoms with van der Waals surface area (Å²) >= 11 is 11.8. The fraction of sp³-hybridized carbons (Fsp3) is 0.182. The molecule has 0 aliphatic carbocycles. The third-order valence-electron chi connectivity index (χ3n) is 2.75. The zero-order valence-electron chi connectivity index (χ0n) is 9.47. The van der Waals surface area contributed by atoms with Gasteiger partial charge in [-0.15, -0.1) is 0 Å². The zero-order chi connectivity index (χ0) is 13.6. The lowest BCUT2D eigenvalue weighted by atomic mass is 10.2. The molecule has 0 amide bonds. The first kappa shape index (κ1) is 12.8.